The number of rotatable bonds is 4. The summed E-state index contributed by atoms with van der Waals surface area (Å²) in [6.07, 6.45) is 6.34. The predicted molar refractivity (Wildman–Crippen MR) is 94.1 cm³/mol. The molecule has 0 bridgehead atoms. The molecule has 0 unspecified atom stereocenters. The molecule has 3 fully saturated rings. The van der Waals surface area contributed by atoms with Gasteiger partial charge in [-0.3, -0.25) is 0 Å². The zero-order valence-corrected chi connectivity index (χ0v) is 15.0. The van der Waals surface area contributed by atoms with E-state index in [0.29, 0.717) is 12.0 Å². The minimum atomic E-state index is -0.160. The average Bonchev–Trinajstić information content (AvgIpc) is 3.39. The molecule has 0 spiro atoms. The van der Waals surface area contributed by atoms with Gasteiger partial charge in [0.2, 0.25) is 0 Å². The summed E-state index contributed by atoms with van der Waals surface area (Å²) in [7, 11) is 5.68. The molecular weight excluding hydrogens is 302 g/mol. The van der Waals surface area contributed by atoms with Crippen LogP contribution in [-0.2, 0) is 5.41 Å². The Balaban J connectivity index is 1.81. The molecule has 1 aromatic rings. The first-order valence-corrected chi connectivity index (χ1v) is 9.23. The van der Waals surface area contributed by atoms with Crippen LogP contribution in [0.5, 0.6) is 11.5 Å². The molecule has 3 aliphatic rings. The van der Waals surface area contributed by atoms with Gasteiger partial charge in [0.25, 0.3) is 0 Å². The van der Waals surface area contributed by atoms with Gasteiger partial charge in [0, 0.05) is 17.0 Å². The molecule has 1 aliphatic heterocycles. The van der Waals surface area contributed by atoms with E-state index >= 15 is 0 Å². The summed E-state index contributed by atoms with van der Waals surface area (Å²) in [5, 5.41) is 10.2. The first-order valence-electron chi connectivity index (χ1n) is 9.23. The lowest BCUT2D eigenvalue weighted by Gasteiger charge is -2.43. The van der Waals surface area contributed by atoms with Gasteiger partial charge in [-0.1, -0.05) is 6.07 Å². The van der Waals surface area contributed by atoms with Gasteiger partial charge in [0.1, 0.15) is 0 Å². The molecule has 4 nitrogen and oxygen atoms in total. The second-order valence-corrected chi connectivity index (χ2v) is 7.91. The van der Waals surface area contributed by atoms with Crippen LogP contribution in [0.1, 0.15) is 55.6 Å². The summed E-state index contributed by atoms with van der Waals surface area (Å²) < 4.78 is 11.4. The molecule has 2 saturated carbocycles. The number of benzene rings is 1. The number of nitrogens with zero attached hydrogens (tertiary/aromatic N) is 1. The fraction of sp³-hybridized carbons (Fsp3) is 0.700. The fourth-order valence-electron chi connectivity index (χ4n) is 5.08. The van der Waals surface area contributed by atoms with Crippen molar-refractivity contribution in [1.82, 2.24) is 4.90 Å². The van der Waals surface area contributed by atoms with E-state index in [-0.39, 0.29) is 11.5 Å². The lowest BCUT2D eigenvalue weighted by atomic mass is 9.65. The van der Waals surface area contributed by atoms with Gasteiger partial charge in [0.15, 0.2) is 11.5 Å². The lowest BCUT2D eigenvalue weighted by molar-refractivity contribution is 0.0566. The van der Waals surface area contributed by atoms with Crippen molar-refractivity contribution in [3.05, 3.63) is 23.3 Å². The van der Waals surface area contributed by atoms with Gasteiger partial charge < -0.3 is 19.5 Å². The number of likely N-dealkylation sites (tertiary alicyclic amines) is 1. The summed E-state index contributed by atoms with van der Waals surface area (Å²) in [4.78, 5) is 2.44. The number of hydrogen-bond acceptors (Lipinski definition) is 4. The number of aliphatic hydroxyl groups is 1. The Morgan fingerprint density at radius 3 is 2.58 bits per heavy atom. The highest BCUT2D eigenvalue weighted by Gasteiger charge is 2.50. The summed E-state index contributed by atoms with van der Waals surface area (Å²) in [5.41, 5.74) is 2.86. The second kappa shape index (κ2) is 5.92. The molecule has 1 heterocycles. The number of ether oxygens (including phenoxy) is 2. The predicted octanol–water partition coefficient (Wildman–Crippen LogP) is 3.07. The van der Waals surface area contributed by atoms with Crippen molar-refractivity contribution in [2.24, 2.45) is 0 Å². The Kier molecular flexibility index (Phi) is 4.00. The molecule has 1 aromatic carbocycles. The van der Waals surface area contributed by atoms with Crippen LogP contribution in [0, 0.1) is 0 Å². The van der Waals surface area contributed by atoms with Crippen molar-refractivity contribution in [3.8, 4) is 11.5 Å². The third-order valence-corrected chi connectivity index (χ3v) is 6.60. The van der Waals surface area contributed by atoms with E-state index in [0.717, 1.165) is 37.3 Å². The van der Waals surface area contributed by atoms with E-state index < -0.39 is 0 Å². The summed E-state index contributed by atoms with van der Waals surface area (Å²) >= 11 is 0. The van der Waals surface area contributed by atoms with Crippen molar-refractivity contribution in [3.63, 3.8) is 0 Å². The third kappa shape index (κ3) is 2.42. The summed E-state index contributed by atoms with van der Waals surface area (Å²) in [6.45, 7) is 1.10. The summed E-state index contributed by atoms with van der Waals surface area (Å²) in [5.74, 6) is 2.40. The lowest BCUT2D eigenvalue weighted by Crippen LogP contribution is -2.47. The van der Waals surface area contributed by atoms with Crippen LogP contribution in [0.2, 0.25) is 0 Å². The molecule has 1 saturated heterocycles. The van der Waals surface area contributed by atoms with Crippen molar-refractivity contribution >= 4 is 0 Å². The first kappa shape index (κ1) is 16.2. The average molecular weight is 331 g/mol. The van der Waals surface area contributed by atoms with Gasteiger partial charge in [-0.15, -0.1) is 0 Å². The molecule has 4 heteroatoms. The van der Waals surface area contributed by atoms with Gasteiger partial charge in [-0.25, -0.2) is 0 Å². The van der Waals surface area contributed by atoms with E-state index in [9.17, 15) is 5.11 Å². The Hall–Kier alpha value is -1.26. The van der Waals surface area contributed by atoms with Crippen molar-refractivity contribution in [2.45, 2.75) is 62.0 Å². The van der Waals surface area contributed by atoms with E-state index in [4.69, 9.17) is 9.47 Å². The quantitative estimate of drug-likeness (QED) is 0.921. The molecule has 24 heavy (non-hydrogen) atoms. The fourth-order valence-corrected chi connectivity index (χ4v) is 5.08. The Morgan fingerprint density at radius 1 is 1.12 bits per heavy atom. The van der Waals surface area contributed by atoms with Crippen molar-refractivity contribution < 1.29 is 14.6 Å². The zero-order chi connectivity index (χ0) is 16.9. The molecular formula is C20H29NO3. The standard InChI is InChI=1S/C20H29NO3/c1-21-9-8-20(7-6-15(22)12-18(20)21)14-10-16(13-4-5-13)19(24-3)17(11-14)23-2/h10-11,13,15,18,22H,4-9,12H2,1-3H3/t15-,18+,20+/m1/s1. The number of aliphatic hydroxyl groups excluding tert-OH is 1. The molecule has 2 aliphatic carbocycles. The monoisotopic (exact) mass is 331 g/mol. The van der Waals surface area contributed by atoms with Crippen LogP contribution in [0.15, 0.2) is 12.1 Å². The van der Waals surface area contributed by atoms with Crippen LogP contribution in [0.3, 0.4) is 0 Å². The largest absolute Gasteiger partial charge is 0.493 e. The molecule has 0 aromatic heterocycles. The normalized spacial score (nSPS) is 33.3. The minimum Gasteiger partial charge on any atom is -0.493 e. The zero-order valence-electron chi connectivity index (χ0n) is 15.0. The van der Waals surface area contributed by atoms with Gasteiger partial charge >= 0.3 is 0 Å². The smallest absolute Gasteiger partial charge is 0.164 e. The highest BCUT2D eigenvalue weighted by atomic mass is 16.5. The maximum Gasteiger partial charge on any atom is 0.164 e. The Labute approximate surface area is 144 Å². The van der Waals surface area contributed by atoms with E-state index in [1.54, 1.807) is 14.2 Å². The molecule has 3 atom stereocenters. The minimum absolute atomic E-state index is 0.150. The maximum atomic E-state index is 10.2. The Bertz CT molecular complexity index is 628. The summed E-state index contributed by atoms with van der Waals surface area (Å²) in [6, 6.07) is 5.02. The molecule has 0 amide bonds. The number of hydrogen-bond donors (Lipinski definition) is 1. The number of fused-ring (bicyclic) bond motifs is 1. The van der Waals surface area contributed by atoms with E-state index in [1.165, 1.54) is 30.4 Å². The highest BCUT2D eigenvalue weighted by Crippen LogP contribution is 2.53. The SMILES string of the molecule is COc1cc([C@@]23CC[C@@H](O)C[C@@H]2N(C)CC3)cc(C2CC2)c1OC. The third-order valence-electron chi connectivity index (χ3n) is 6.60. The number of likely N-dealkylation sites (N-methyl/N-ethyl adjacent to an activating group) is 1. The second-order valence-electron chi connectivity index (χ2n) is 7.91. The van der Waals surface area contributed by atoms with Gasteiger partial charge in [-0.05, 0) is 69.7 Å². The van der Waals surface area contributed by atoms with Gasteiger partial charge in [0.05, 0.1) is 20.3 Å². The van der Waals surface area contributed by atoms with Crippen LogP contribution >= 0.6 is 0 Å². The number of methoxy groups -OCH3 is 2. The van der Waals surface area contributed by atoms with E-state index in [1.807, 2.05) is 0 Å². The van der Waals surface area contributed by atoms with Gasteiger partial charge in [-0.2, -0.15) is 0 Å². The van der Waals surface area contributed by atoms with Crippen LogP contribution in [0.25, 0.3) is 0 Å². The first-order chi connectivity index (χ1) is 11.6. The molecule has 0 radical (unpaired) electrons. The van der Waals surface area contributed by atoms with Crippen LogP contribution in [0.4, 0.5) is 0 Å². The molecule has 132 valence electrons. The van der Waals surface area contributed by atoms with Crippen molar-refractivity contribution in [1.29, 1.82) is 0 Å². The molecule has 4 rings (SSSR count). The maximum absolute atomic E-state index is 10.2. The molecule has 1 N–H and O–H groups in total. The van der Waals surface area contributed by atoms with E-state index in [2.05, 4.69) is 24.1 Å². The highest BCUT2D eigenvalue weighted by molar-refractivity contribution is 5.54. The van der Waals surface area contributed by atoms with Crippen LogP contribution < -0.4 is 9.47 Å². The topological polar surface area (TPSA) is 41.9 Å². The Morgan fingerprint density at radius 2 is 1.92 bits per heavy atom. The van der Waals surface area contributed by atoms with Crippen LogP contribution in [-0.4, -0.2) is 50.0 Å². The van der Waals surface area contributed by atoms with Crippen molar-refractivity contribution in [2.75, 3.05) is 27.8 Å².